The number of nitriles is 1. The number of aryl methyl sites for hydroxylation is 1. The van der Waals surface area contributed by atoms with Crippen LogP contribution in [0.1, 0.15) is 31.2 Å². The van der Waals surface area contributed by atoms with Crippen molar-refractivity contribution in [2.75, 3.05) is 12.0 Å². The van der Waals surface area contributed by atoms with Crippen LogP contribution in [0.15, 0.2) is 60.0 Å². The Kier molecular flexibility index (Phi) is 4.92. The number of esters is 1. The van der Waals surface area contributed by atoms with Crippen molar-refractivity contribution in [1.82, 2.24) is 0 Å². The predicted molar refractivity (Wildman–Crippen MR) is 123 cm³/mol. The molecule has 0 bridgehead atoms. The highest BCUT2D eigenvalue weighted by atomic mass is 32.1. The normalized spacial score (nSPS) is 18.4. The summed E-state index contributed by atoms with van der Waals surface area (Å²) in [5.74, 6) is -1.73. The topological polar surface area (TPSA) is 106 Å². The monoisotopic (exact) mass is 475 g/mol. The van der Waals surface area contributed by atoms with E-state index in [-0.39, 0.29) is 29.3 Å². The molecule has 1 amide bonds. The molecule has 0 radical (unpaired) electrons. The average Bonchev–Trinajstić information content (AvgIpc) is 3.28. The van der Waals surface area contributed by atoms with Crippen molar-refractivity contribution >= 4 is 28.9 Å². The molecule has 0 aliphatic carbocycles. The third-order valence-corrected chi connectivity index (χ3v) is 7.37. The summed E-state index contributed by atoms with van der Waals surface area (Å²) < 4.78 is 25.2. The van der Waals surface area contributed by atoms with Gasteiger partial charge in [0.25, 0.3) is 0 Å². The number of benzene rings is 2. The zero-order valence-corrected chi connectivity index (χ0v) is 19.0. The number of para-hydroxylation sites is 1. The molecule has 2 N–H and O–H groups in total. The number of ether oxygens (including phenoxy) is 2. The van der Waals surface area contributed by atoms with E-state index < -0.39 is 23.1 Å². The average molecular weight is 476 g/mol. The summed E-state index contributed by atoms with van der Waals surface area (Å²) in [7, 11) is 1.25. The Morgan fingerprint density at radius 1 is 1.26 bits per heavy atom. The summed E-state index contributed by atoms with van der Waals surface area (Å²) in [4.78, 5) is 29.2. The molecule has 9 heteroatoms. The van der Waals surface area contributed by atoms with Crippen LogP contribution in [0.5, 0.6) is 5.75 Å². The van der Waals surface area contributed by atoms with Gasteiger partial charge in [-0.05, 0) is 19.1 Å². The van der Waals surface area contributed by atoms with Gasteiger partial charge in [0.05, 0.1) is 18.5 Å². The number of nitrogens with two attached hydrogens (primary N) is 1. The predicted octanol–water partition coefficient (Wildman–Crippen LogP) is 3.90. The molecule has 2 aliphatic heterocycles. The van der Waals surface area contributed by atoms with Gasteiger partial charge in [0.2, 0.25) is 11.8 Å². The molecule has 0 saturated heterocycles. The zero-order chi connectivity index (χ0) is 24.2. The van der Waals surface area contributed by atoms with Gasteiger partial charge in [-0.3, -0.25) is 4.79 Å². The van der Waals surface area contributed by atoms with Crippen LogP contribution in [-0.2, 0) is 21.5 Å². The Labute approximate surface area is 198 Å². The molecule has 1 spiro atoms. The van der Waals surface area contributed by atoms with Crippen molar-refractivity contribution in [3.05, 3.63) is 92.2 Å². The SMILES string of the molecule is COC(=O)c1c(C)sc2c1OC(N)=C(C#N)C21C(=O)N(Cc2ccccc2F)c2ccccc21. The van der Waals surface area contributed by atoms with Crippen LogP contribution in [-0.4, -0.2) is 19.0 Å². The van der Waals surface area contributed by atoms with E-state index in [9.17, 15) is 19.2 Å². The number of hydrogen-bond donors (Lipinski definition) is 1. The lowest BCUT2D eigenvalue weighted by Crippen LogP contribution is -2.45. The maximum absolute atomic E-state index is 14.5. The molecular weight excluding hydrogens is 457 g/mol. The van der Waals surface area contributed by atoms with Gasteiger partial charge < -0.3 is 20.1 Å². The van der Waals surface area contributed by atoms with Crippen LogP contribution in [0.3, 0.4) is 0 Å². The minimum absolute atomic E-state index is 0.0483. The van der Waals surface area contributed by atoms with Crippen LogP contribution >= 0.6 is 11.3 Å². The number of hydrogen-bond acceptors (Lipinski definition) is 7. The highest BCUT2D eigenvalue weighted by Crippen LogP contribution is 2.58. The van der Waals surface area contributed by atoms with Gasteiger partial charge in [0, 0.05) is 21.7 Å². The summed E-state index contributed by atoms with van der Waals surface area (Å²) in [6, 6.07) is 15.3. The van der Waals surface area contributed by atoms with E-state index in [0.717, 1.165) is 0 Å². The molecule has 0 saturated carbocycles. The minimum atomic E-state index is -1.63. The standard InChI is InChI=1S/C25H18FN3O4S/c1-13-19(23(30)32-2)20-21(34-13)25(16(11-27)22(28)33-20)15-8-4-6-10-18(15)29(24(25)31)12-14-7-3-5-9-17(14)26/h3-10H,12,28H2,1-2H3. The van der Waals surface area contributed by atoms with Gasteiger partial charge in [0.15, 0.2) is 11.2 Å². The van der Waals surface area contributed by atoms with Gasteiger partial charge in [-0.2, -0.15) is 5.26 Å². The molecule has 0 fully saturated rings. The molecular formula is C25H18FN3O4S. The number of carbonyl (C=O) groups excluding carboxylic acids is 2. The highest BCUT2D eigenvalue weighted by molar-refractivity contribution is 7.13. The number of carbonyl (C=O) groups is 2. The first kappa shape index (κ1) is 21.7. The maximum Gasteiger partial charge on any atom is 0.342 e. The number of rotatable bonds is 3. The summed E-state index contributed by atoms with van der Waals surface area (Å²) in [6.45, 7) is 1.66. The Balaban J connectivity index is 1.81. The fourth-order valence-corrected chi connectivity index (χ4v) is 5.95. The molecule has 2 aliphatic rings. The first-order chi connectivity index (χ1) is 16.4. The molecule has 1 atom stereocenters. The fraction of sp³-hybridized carbons (Fsp3) is 0.160. The van der Waals surface area contributed by atoms with Crippen molar-refractivity contribution in [2.24, 2.45) is 5.73 Å². The van der Waals surface area contributed by atoms with Crippen molar-refractivity contribution in [3.8, 4) is 11.8 Å². The van der Waals surface area contributed by atoms with Crippen LogP contribution < -0.4 is 15.4 Å². The van der Waals surface area contributed by atoms with E-state index in [4.69, 9.17) is 15.2 Å². The Bertz CT molecular complexity index is 1450. The number of amides is 1. The lowest BCUT2D eigenvalue weighted by Gasteiger charge is -2.32. The third kappa shape index (κ3) is 2.72. The quantitative estimate of drug-likeness (QED) is 0.576. The first-order valence-corrected chi connectivity index (χ1v) is 11.1. The van der Waals surface area contributed by atoms with Crippen LogP contribution in [0, 0.1) is 24.1 Å². The molecule has 3 aromatic rings. The number of nitrogens with zero attached hydrogens (tertiary/aromatic N) is 2. The summed E-state index contributed by atoms with van der Waals surface area (Å²) in [5, 5.41) is 10.1. The molecule has 1 unspecified atom stereocenters. The Hall–Kier alpha value is -4.16. The summed E-state index contributed by atoms with van der Waals surface area (Å²) in [5.41, 5.74) is 5.98. The van der Waals surface area contributed by atoms with Gasteiger partial charge in [0.1, 0.15) is 23.0 Å². The highest BCUT2D eigenvalue weighted by Gasteiger charge is 2.60. The van der Waals surface area contributed by atoms with Crippen molar-refractivity contribution in [2.45, 2.75) is 18.9 Å². The number of methoxy groups -OCH3 is 1. The Morgan fingerprint density at radius 2 is 1.97 bits per heavy atom. The molecule has 170 valence electrons. The summed E-state index contributed by atoms with van der Waals surface area (Å²) >= 11 is 1.17. The van der Waals surface area contributed by atoms with Crippen molar-refractivity contribution in [3.63, 3.8) is 0 Å². The smallest absolute Gasteiger partial charge is 0.342 e. The molecule has 7 nitrogen and oxygen atoms in total. The van der Waals surface area contributed by atoms with E-state index in [1.807, 2.05) is 0 Å². The molecule has 2 aromatic carbocycles. The number of fused-ring (bicyclic) bond motifs is 4. The van der Waals surface area contributed by atoms with Crippen LogP contribution in [0.2, 0.25) is 0 Å². The van der Waals surface area contributed by atoms with Crippen molar-refractivity contribution in [1.29, 1.82) is 5.26 Å². The van der Waals surface area contributed by atoms with Gasteiger partial charge >= 0.3 is 5.97 Å². The Morgan fingerprint density at radius 3 is 2.68 bits per heavy atom. The summed E-state index contributed by atoms with van der Waals surface area (Å²) in [6.07, 6.45) is 0. The third-order valence-electron chi connectivity index (χ3n) is 6.17. The van der Waals surface area contributed by atoms with Crippen LogP contribution in [0.4, 0.5) is 10.1 Å². The molecule has 3 heterocycles. The van der Waals surface area contributed by atoms with E-state index in [1.54, 1.807) is 49.4 Å². The van der Waals surface area contributed by atoms with E-state index in [1.165, 1.54) is 29.4 Å². The number of halogens is 1. The van der Waals surface area contributed by atoms with E-state index in [0.29, 0.717) is 26.6 Å². The van der Waals surface area contributed by atoms with Crippen molar-refractivity contribution < 1.29 is 23.5 Å². The van der Waals surface area contributed by atoms with Gasteiger partial charge in [-0.1, -0.05) is 36.4 Å². The maximum atomic E-state index is 14.5. The number of anilines is 1. The first-order valence-electron chi connectivity index (χ1n) is 10.3. The number of thiophene rings is 1. The lowest BCUT2D eigenvalue weighted by atomic mass is 9.72. The second kappa shape index (κ2) is 7.71. The fourth-order valence-electron chi connectivity index (χ4n) is 4.67. The zero-order valence-electron chi connectivity index (χ0n) is 18.2. The van der Waals surface area contributed by atoms with Gasteiger partial charge in [-0.15, -0.1) is 11.3 Å². The van der Waals surface area contributed by atoms with Crippen LogP contribution in [0.25, 0.3) is 0 Å². The lowest BCUT2D eigenvalue weighted by molar-refractivity contribution is -0.121. The van der Waals surface area contributed by atoms with Gasteiger partial charge in [-0.25, -0.2) is 9.18 Å². The second-order valence-corrected chi connectivity index (χ2v) is 9.11. The molecule has 34 heavy (non-hydrogen) atoms. The van der Waals surface area contributed by atoms with E-state index in [2.05, 4.69) is 6.07 Å². The minimum Gasteiger partial charge on any atom is -0.465 e. The molecule has 5 rings (SSSR count). The second-order valence-electron chi connectivity index (χ2n) is 7.89. The molecule has 1 aromatic heterocycles. The largest absolute Gasteiger partial charge is 0.465 e. The van der Waals surface area contributed by atoms with E-state index >= 15 is 0 Å².